The van der Waals surface area contributed by atoms with Crippen molar-refractivity contribution in [3.05, 3.63) is 48.0 Å². The number of likely N-dealkylation sites (N-methyl/N-ethyl adjacent to an activating group) is 1. The fourth-order valence-corrected chi connectivity index (χ4v) is 2.43. The Hall–Kier alpha value is -1.42. The SMILES string of the molecule is CC(NCCOCCN(C)C)c1cccc2ccccc12. The van der Waals surface area contributed by atoms with Crippen molar-refractivity contribution in [3.8, 4) is 0 Å². The van der Waals surface area contributed by atoms with Crippen molar-refractivity contribution < 1.29 is 4.74 Å². The first-order chi connectivity index (χ1) is 10.2. The molecule has 0 heterocycles. The van der Waals surface area contributed by atoms with Gasteiger partial charge in [0, 0.05) is 19.1 Å². The second kappa shape index (κ2) is 8.13. The van der Waals surface area contributed by atoms with E-state index in [4.69, 9.17) is 4.74 Å². The molecule has 1 unspecified atom stereocenters. The molecule has 2 aromatic carbocycles. The fraction of sp³-hybridized carbons (Fsp3) is 0.444. The number of hydrogen-bond donors (Lipinski definition) is 1. The molecule has 0 amide bonds. The maximum absolute atomic E-state index is 5.61. The summed E-state index contributed by atoms with van der Waals surface area (Å²) in [6.45, 7) is 5.60. The van der Waals surface area contributed by atoms with E-state index in [-0.39, 0.29) is 0 Å². The van der Waals surface area contributed by atoms with E-state index in [0.29, 0.717) is 6.04 Å². The predicted octanol–water partition coefficient (Wildman–Crippen LogP) is 3.07. The normalized spacial score (nSPS) is 13.0. The van der Waals surface area contributed by atoms with E-state index in [1.165, 1.54) is 16.3 Å². The summed E-state index contributed by atoms with van der Waals surface area (Å²) >= 11 is 0. The Bertz CT molecular complexity index is 548. The lowest BCUT2D eigenvalue weighted by Gasteiger charge is -2.17. The van der Waals surface area contributed by atoms with Crippen LogP contribution in [0.15, 0.2) is 42.5 Å². The quantitative estimate of drug-likeness (QED) is 0.755. The molecule has 0 aromatic heterocycles. The Morgan fingerprint density at radius 2 is 1.81 bits per heavy atom. The number of nitrogens with one attached hydrogen (secondary N) is 1. The van der Waals surface area contributed by atoms with E-state index >= 15 is 0 Å². The summed E-state index contributed by atoms with van der Waals surface area (Å²) in [5, 5.41) is 6.17. The molecule has 1 atom stereocenters. The molecule has 0 aliphatic carbocycles. The Balaban J connectivity index is 1.84. The molecule has 114 valence electrons. The van der Waals surface area contributed by atoms with Gasteiger partial charge in [0.1, 0.15) is 0 Å². The Labute approximate surface area is 127 Å². The van der Waals surface area contributed by atoms with Crippen molar-refractivity contribution in [2.75, 3.05) is 40.4 Å². The van der Waals surface area contributed by atoms with Gasteiger partial charge in [0.2, 0.25) is 0 Å². The molecular formula is C18H26N2O. The van der Waals surface area contributed by atoms with Gasteiger partial charge in [-0.3, -0.25) is 0 Å². The van der Waals surface area contributed by atoms with Gasteiger partial charge < -0.3 is 15.0 Å². The molecule has 0 radical (unpaired) electrons. The van der Waals surface area contributed by atoms with E-state index in [1.54, 1.807) is 0 Å². The molecule has 2 aromatic rings. The number of nitrogens with zero attached hydrogens (tertiary/aromatic N) is 1. The summed E-state index contributed by atoms with van der Waals surface area (Å²) in [5.41, 5.74) is 1.35. The summed E-state index contributed by atoms with van der Waals surface area (Å²) in [6.07, 6.45) is 0. The van der Waals surface area contributed by atoms with E-state index in [9.17, 15) is 0 Å². The van der Waals surface area contributed by atoms with Crippen LogP contribution in [0.1, 0.15) is 18.5 Å². The standard InChI is InChI=1S/C18H26N2O/c1-15(19-11-13-21-14-12-20(2)3)17-10-6-8-16-7-4-5-9-18(16)17/h4-10,15,19H,11-14H2,1-3H3. The first kappa shape index (κ1) is 16.0. The zero-order valence-corrected chi connectivity index (χ0v) is 13.3. The summed E-state index contributed by atoms with van der Waals surface area (Å²) in [5.74, 6) is 0. The third-order valence-electron chi connectivity index (χ3n) is 3.67. The largest absolute Gasteiger partial charge is 0.379 e. The van der Waals surface area contributed by atoms with Crippen LogP contribution in [0.5, 0.6) is 0 Å². The fourth-order valence-electron chi connectivity index (χ4n) is 2.43. The highest BCUT2D eigenvalue weighted by molar-refractivity contribution is 5.86. The topological polar surface area (TPSA) is 24.5 Å². The van der Waals surface area contributed by atoms with E-state index in [0.717, 1.165) is 26.3 Å². The molecule has 3 heteroatoms. The molecule has 0 spiro atoms. The second-order valence-corrected chi connectivity index (χ2v) is 5.66. The first-order valence-corrected chi connectivity index (χ1v) is 7.62. The van der Waals surface area contributed by atoms with Gasteiger partial charge in [-0.2, -0.15) is 0 Å². The smallest absolute Gasteiger partial charge is 0.0593 e. The molecule has 0 saturated heterocycles. The number of rotatable bonds is 8. The minimum atomic E-state index is 0.327. The molecule has 2 rings (SSSR count). The highest BCUT2D eigenvalue weighted by Crippen LogP contribution is 2.23. The van der Waals surface area contributed by atoms with Gasteiger partial charge in [-0.1, -0.05) is 42.5 Å². The highest BCUT2D eigenvalue weighted by Gasteiger charge is 2.07. The third-order valence-corrected chi connectivity index (χ3v) is 3.67. The number of fused-ring (bicyclic) bond motifs is 1. The molecule has 0 bridgehead atoms. The summed E-state index contributed by atoms with van der Waals surface area (Å²) < 4.78 is 5.61. The second-order valence-electron chi connectivity index (χ2n) is 5.66. The van der Waals surface area contributed by atoms with Gasteiger partial charge >= 0.3 is 0 Å². The van der Waals surface area contributed by atoms with Crippen LogP contribution in [0.3, 0.4) is 0 Å². The van der Waals surface area contributed by atoms with Gasteiger partial charge in [-0.25, -0.2) is 0 Å². The molecule has 0 aliphatic heterocycles. The molecule has 21 heavy (non-hydrogen) atoms. The number of benzene rings is 2. The third kappa shape index (κ3) is 4.81. The van der Waals surface area contributed by atoms with Crippen LogP contribution in [0.4, 0.5) is 0 Å². The van der Waals surface area contributed by atoms with Crippen LogP contribution in [0.25, 0.3) is 10.8 Å². The van der Waals surface area contributed by atoms with Crippen LogP contribution in [-0.2, 0) is 4.74 Å². The van der Waals surface area contributed by atoms with Crippen molar-refractivity contribution in [3.63, 3.8) is 0 Å². The predicted molar refractivity (Wildman–Crippen MR) is 89.7 cm³/mol. The van der Waals surface area contributed by atoms with Crippen molar-refractivity contribution >= 4 is 10.8 Å². The lowest BCUT2D eigenvalue weighted by Crippen LogP contribution is -2.25. The number of ether oxygens (including phenoxy) is 1. The van der Waals surface area contributed by atoms with Gasteiger partial charge in [0.25, 0.3) is 0 Å². The van der Waals surface area contributed by atoms with Gasteiger partial charge in [0.15, 0.2) is 0 Å². The number of hydrogen-bond acceptors (Lipinski definition) is 3. The van der Waals surface area contributed by atoms with Crippen molar-refractivity contribution in [1.29, 1.82) is 0 Å². The molecule has 0 fully saturated rings. The zero-order valence-electron chi connectivity index (χ0n) is 13.3. The lowest BCUT2D eigenvalue weighted by molar-refractivity contribution is 0.118. The van der Waals surface area contributed by atoms with Crippen molar-refractivity contribution in [1.82, 2.24) is 10.2 Å². The maximum atomic E-state index is 5.61. The summed E-state index contributed by atoms with van der Waals surface area (Å²) in [7, 11) is 4.12. The monoisotopic (exact) mass is 286 g/mol. The van der Waals surface area contributed by atoms with Crippen LogP contribution >= 0.6 is 0 Å². The molecule has 3 nitrogen and oxygen atoms in total. The van der Waals surface area contributed by atoms with E-state index < -0.39 is 0 Å². The molecular weight excluding hydrogens is 260 g/mol. The van der Waals surface area contributed by atoms with E-state index in [2.05, 4.69) is 73.7 Å². The summed E-state index contributed by atoms with van der Waals surface area (Å²) in [6, 6.07) is 15.4. The average Bonchev–Trinajstić information content (AvgIpc) is 2.49. The van der Waals surface area contributed by atoms with Crippen LogP contribution in [0, 0.1) is 0 Å². The van der Waals surface area contributed by atoms with Crippen LogP contribution in [-0.4, -0.2) is 45.3 Å². The van der Waals surface area contributed by atoms with Gasteiger partial charge in [0.05, 0.1) is 13.2 Å². The van der Waals surface area contributed by atoms with Crippen molar-refractivity contribution in [2.24, 2.45) is 0 Å². The van der Waals surface area contributed by atoms with Gasteiger partial charge in [-0.05, 0) is 37.4 Å². The minimum Gasteiger partial charge on any atom is -0.379 e. The molecule has 0 saturated carbocycles. The highest BCUT2D eigenvalue weighted by atomic mass is 16.5. The lowest BCUT2D eigenvalue weighted by atomic mass is 10.00. The molecule has 1 N–H and O–H groups in total. The molecule has 0 aliphatic rings. The van der Waals surface area contributed by atoms with Crippen LogP contribution < -0.4 is 5.32 Å². The maximum Gasteiger partial charge on any atom is 0.0593 e. The summed E-state index contributed by atoms with van der Waals surface area (Å²) in [4.78, 5) is 2.13. The average molecular weight is 286 g/mol. The van der Waals surface area contributed by atoms with Gasteiger partial charge in [-0.15, -0.1) is 0 Å². The van der Waals surface area contributed by atoms with Crippen molar-refractivity contribution in [2.45, 2.75) is 13.0 Å². The Morgan fingerprint density at radius 3 is 2.62 bits per heavy atom. The Kier molecular flexibility index (Phi) is 6.18. The Morgan fingerprint density at radius 1 is 1.05 bits per heavy atom. The van der Waals surface area contributed by atoms with Crippen LogP contribution in [0.2, 0.25) is 0 Å². The minimum absolute atomic E-state index is 0.327. The first-order valence-electron chi connectivity index (χ1n) is 7.62. The van der Waals surface area contributed by atoms with E-state index in [1.807, 2.05) is 0 Å². The zero-order chi connectivity index (χ0) is 15.1.